The second kappa shape index (κ2) is 16.4. The van der Waals surface area contributed by atoms with E-state index in [9.17, 15) is 10.1 Å². The van der Waals surface area contributed by atoms with Crippen LogP contribution in [-0.2, 0) is 31.3 Å². The molecule has 10 nitrogen and oxygen atoms in total. The molecule has 1 aromatic heterocycles. The lowest BCUT2D eigenvalue weighted by molar-refractivity contribution is 0.0193. The molecule has 0 N–H and O–H groups in total. The van der Waals surface area contributed by atoms with Crippen LogP contribution in [0, 0.1) is 18.3 Å². The highest BCUT2D eigenvalue weighted by Crippen LogP contribution is 2.37. The van der Waals surface area contributed by atoms with E-state index in [0.717, 1.165) is 24.2 Å². The minimum absolute atomic E-state index is 0.101. The Labute approximate surface area is 327 Å². The van der Waals surface area contributed by atoms with Crippen molar-refractivity contribution in [3.8, 4) is 28.8 Å². The minimum atomic E-state index is -0.237. The van der Waals surface area contributed by atoms with Gasteiger partial charge in [0.15, 0.2) is 0 Å². The first kappa shape index (κ1) is 37.7. The molecule has 7 rings (SSSR count). The van der Waals surface area contributed by atoms with Gasteiger partial charge in [-0.05, 0) is 73.0 Å². The number of para-hydroxylation sites is 1. The number of fused-ring (bicyclic) bond motifs is 1. The van der Waals surface area contributed by atoms with E-state index in [0.29, 0.717) is 83.0 Å². The normalized spacial score (nSPS) is 15.6. The van der Waals surface area contributed by atoms with Crippen LogP contribution in [-0.4, -0.2) is 79.3 Å². The molecule has 0 unspecified atom stereocenters. The predicted octanol–water partition coefficient (Wildman–Crippen LogP) is 7.29. The van der Waals surface area contributed by atoms with Crippen LogP contribution < -0.4 is 14.4 Å². The fraction of sp³-hybridized carbons (Fsp3) is 0.295. The zero-order chi connectivity index (χ0) is 38.6. The van der Waals surface area contributed by atoms with Crippen molar-refractivity contribution < 1.29 is 23.8 Å². The number of nitriles is 1. The van der Waals surface area contributed by atoms with Crippen molar-refractivity contribution in [2.75, 3.05) is 52.0 Å². The lowest BCUT2D eigenvalue weighted by Crippen LogP contribution is -2.52. The topological polar surface area (TPSA) is 100 Å². The Hall–Kier alpha value is -5.60. The van der Waals surface area contributed by atoms with Crippen molar-refractivity contribution in [1.29, 1.82) is 5.26 Å². The summed E-state index contributed by atoms with van der Waals surface area (Å²) in [5.41, 5.74) is 6.83. The first-order valence-corrected chi connectivity index (χ1v) is 18.7. The molecular formula is C44H44ClN5O5. The number of rotatable bonds is 10. The number of aromatic nitrogens is 1. The van der Waals surface area contributed by atoms with Gasteiger partial charge in [0, 0.05) is 72.5 Å². The van der Waals surface area contributed by atoms with Crippen molar-refractivity contribution in [2.24, 2.45) is 7.05 Å². The van der Waals surface area contributed by atoms with E-state index in [1.54, 1.807) is 36.3 Å². The number of anilines is 1. The second-order valence-corrected chi connectivity index (χ2v) is 14.4. The predicted molar refractivity (Wildman–Crippen MR) is 213 cm³/mol. The van der Waals surface area contributed by atoms with Gasteiger partial charge in [-0.3, -0.25) is 14.5 Å². The van der Waals surface area contributed by atoms with Crippen molar-refractivity contribution >= 4 is 29.1 Å². The summed E-state index contributed by atoms with van der Waals surface area (Å²) in [6.07, 6.45) is 0.713. The zero-order valence-corrected chi connectivity index (χ0v) is 32.3. The van der Waals surface area contributed by atoms with E-state index in [2.05, 4.69) is 23.1 Å². The van der Waals surface area contributed by atoms with Gasteiger partial charge in [-0.1, -0.05) is 54.1 Å². The van der Waals surface area contributed by atoms with E-state index in [4.69, 9.17) is 25.8 Å². The number of ether oxygens (including phenoxy) is 3. The third-order valence-electron chi connectivity index (χ3n) is 10.8. The summed E-state index contributed by atoms with van der Waals surface area (Å²) in [4.78, 5) is 35.8. The number of hydrogen-bond donors (Lipinski definition) is 0. The smallest absolute Gasteiger partial charge is 0.260 e. The average Bonchev–Trinajstić information content (AvgIpc) is 3.52. The maximum absolute atomic E-state index is 15.1. The molecular weight excluding hydrogens is 714 g/mol. The van der Waals surface area contributed by atoms with Gasteiger partial charge in [0.2, 0.25) is 0 Å². The number of amides is 2. The van der Waals surface area contributed by atoms with Gasteiger partial charge >= 0.3 is 0 Å². The molecule has 5 aromatic rings. The Morgan fingerprint density at radius 1 is 0.909 bits per heavy atom. The highest BCUT2D eigenvalue weighted by Gasteiger charge is 2.35. The second-order valence-electron chi connectivity index (χ2n) is 13.9. The van der Waals surface area contributed by atoms with E-state index in [1.165, 1.54) is 12.7 Å². The molecule has 0 spiro atoms. The third-order valence-corrected chi connectivity index (χ3v) is 11.1. The van der Waals surface area contributed by atoms with Crippen molar-refractivity contribution in [3.05, 3.63) is 135 Å². The van der Waals surface area contributed by atoms with E-state index < -0.39 is 0 Å². The molecule has 2 aliphatic rings. The van der Waals surface area contributed by atoms with Crippen LogP contribution in [0.15, 0.2) is 91.0 Å². The van der Waals surface area contributed by atoms with Gasteiger partial charge in [0.1, 0.15) is 17.6 Å². The van der Waals surface area contributed by atoms with Crippen LogP contribution in [0.1, 0.15) is 48.7 Å². The monoisotopic (exact) mass is 757 g/mol. The molecule has 2 aliphatic heterocycles. The van der Waals surface area contributed by atoms with E-state index >= 15 is 4.79 Å². The molecule has 1 atom stereocenters. The summed E-state index contributed by atoms with van der Waals surface area (Å²) in [6, 6.07) is 30.4. The molecule has 1 fully saturated rings. The van der Waals surface area contributed by atoms with Crippen LogP contribution in [0.5, 0.6) is 11.5 Å². The maximum atomic E-state index is 15.1. The number of benzene rings is 4. The molecule has 11 heteroatoms. The summed E-state index contributed by atoms with van der Waals surface area (Å²) in [5.74, 6) is 0.584. The number of halogens is 1. The van der Waals surface area contributed by atoms with E-state index in [-0.39, 0.29) is 30.0 Å². The molecule has 0 radical (unpaired) electrons. The molecule has 1 saturated heterocycles. The third kappa shape index (κ3) is 7.69. The molecule has 0 saturated carbocycles. The lowest BCUT2D eigenvalue weighted by Gasteiger charge is -2.40. The number of carbonyl (C=O) groups excluding carboxylic acids is 2. The van der Waals surface area contributed by atoms with E-state index in [1.807, 2.05) is 78.0 Å². The summed E-state index contributed by atoms with van der Waals surface area (Å²) in [6.45, 7) is 6.19. The summed E-state index contributed by atoms with van der Waals surface area (Å²) in [5, 5.41) is 10.8. The van der Waals surface area contributed by atoms with Crippen LogP contribution in [0.25, 0.3) is 11.3 Å². The number of methoxy groups -OCH3 is 2. The summed E-state index contributed by atoms with van der Waals surface area (Å²) < 4.78 is 18.9. The van der Waals surface area contributed by atoms with Crippen LogP contribution in [0.3, 0.4) is 0 Å². The molecule has 0 bridgehead atoms. The number of morpholine rings is 1. The highest BCUT2D eigenvalue weighted by atomic mass is 35.5. The minimum Gasteiger partial charge on any atom is -0.496 e. The standard InChI is InChI=1S/C44H44ClN5O5/c1-29-37(43(51)49(35-15-13-34(45)14-16-35)27-32-11-7-8-12-41(32)53-3)23-40(47(29)2)38-24-42(54-4)33(25-46)22-39(38)44(52)50-26-31-10-6-5-9-30(31)21-36(50)28-48-17-19-55-20-18-48/h5-16,22-24,36H,17-21,26-28H2,1-4H3/t36-/m0/s1. The fourth-order valence-corrected chi connectivity index (χ4v) is 7.80. The summed E-state index contributed by atoms with van der Waals surface area (Å²) >= 11 is 6.27. The first-order chi connectivity index (χ1) is 26.7. The van der Waals surface area contributed by atoms with Crippen LogP contribution in [0.2, 0.25) is 5.02 Å². The van der Waals surface area contributed by atoms with Crippen LogP contribution in [0.4, 0.5) is 5.69 Å². The molecule has 282 valence electrons. The van der Waals surface area contributed by atoms with Gasteiger partial charge < -0.3 is 28.6 Å². The van der Waals surface area contributed by atoms with Crippen LogP contribution >= 0.6 is 11.6 Å². The van der Waals surface area contributed by atoms with Gasteiger partial charge in [-0.15, -0.1) is 0 Å². The molecule has 55 heavy (non-hydrogen) atoms. The lowest BCUT2D eigenvalue weighted by atomic mass is 9.91. The average molecular weight is 758 g/mol. The van der Waals surface area contributed by atoms with Crippen molar-refractivity contribution in [2.45, 2.75) is 32.5 Å². The van der Waals surface area contributed by atoms with Gasteiger partial charge in [-0.2, -0.15) is 5.26 Å². The quantitative estimate of drug-likeness (QED) is 0.148. The van der Waals surface area contributed by atoms with Crippen molar-refractivity contribution in [1.82, 2.24) is 14.4 Å². The molecule has 0 aliphatic carbocycles. The number of hydrogen-bond acceptors (Lipinski definition) is 7. The van der Waals surface area contributed by atoms with Gasteiger partial charge in [-0.25, -0.2) is 0 Å². The maximum Gasteiger partial charge on any atom is 0.260 e. The molecule has 3 heterocycles. The Balaban J connectivity index is 1.31. The Morgan fingerprint density at radius 2 is 1.60 bits per heavy atom. The van der Waals surface area contributed by atoms with Gasteiger partial charge in [0.05, 0.1) is 50.7 Å². The van der Waals surface area contributed by atoms with Gasteiger partial charge in [0.25, 0.3) is 11.8 Å². The Bertz CT molecular complexity index is 2260. The summed E-state index contributed by atoms with van der Waals surface area (Å²) in [7, 11) is 5.00. The number of nitrogens with zero attached hydrogens (tertiary/aromatic N) is 5. The zero-order valence-electron chi connectivity index (χ0n) is 31.5. The fourth-order valence-electron chi connectivity index (χ4n) is 7.67. The molecule has 4 aromatic carbocycles. The Morgan fingerprint density at radius 3 is 2.31 bits per heavy atom. The largest absolute Gasteiger partial charge is 0.496 e. The number of carbonyl (C=O) groups is 2. The van der Waals surface area contributed by atoms with Crippen molar-refractivity contribution in [3.63, 3.8) is 0 Å². The molecule has 2 amide bonds. The SMILES string of the molecule is COc1cc(-c2cc(C(=O)N(Cc3ccccc3OC)c3ccc(Cl)cc3)c(C)n2C)c(C(=O)N2Cc3ccccc3C[C@H]2CN2CCOCC2)cc1C#N. The first-order valence-electron chi connectivity index (χ1n) is 18.4. The Kier molecular flexibility index (Phi) is 11.3. The highest BCUT2D eigenvalue weighted by molar-refractivity contribution is 6.30.